The topological polar surface area (TPSA) is 55.8 Å². The van der Waals surface area contributed by atoms with Crippen molar-refractivity contribution < 1.29 is 19.1 Å². The van der Waals surface area contributed by atoms with Gasteiger partial charge in [-0.25, -0.2) is 9.59 Å². The van der Waals surface area contributed by atoms with Crippen LogP contribution in [-0.2, 0) is 19.1 Å². The highest BCUT2D eigenvalue weighted by atomic mass is 16.5. The van der Waals surface area contributed by atoms with E-state index in [0.29, 0.717) is 11.1 Å². The first-order valence-electron chi connectivity index (χ1n) is 6.92. The first kappa shape index (κ1) is 15.8. The van der Waals surface area contributed by atoms with Crippen LogP contribution >= 0.6 is 0 Å². The van der Waals surface area contributed by atoms with Gasteiger partial charge in [-0.15, -0.1) is 0 Å². The van der Waals surface area contributed by atoms with Gasteiger partial charge in [-0.3, -0.25) is 0 Å². The maximum atomic E-state index is 12.0. The second kappa shape index (κ2) is 6.47. The summed E-state index contributed by atoms with van der Waals surface area (Å²) in [7, 11) is 2.66. The zero-order chi connectivity index (χ0) is 16.3. The molecule has 1 aliphatic heterocycles. The summed E-state index contributed by atoms with van der Waals surface area (Å²) in [5.41, 5.74) is 3.29. The van der Waals surface area contributed by atoms with Gasteiger partial charge in [0.25, 0.3) is 0 Å². The highest BCUT2D eigenvalue weighted by Gasteiger charge is 2.31. The number of nitrogens with zero attached hydrogens (tertiary/aromatic N) is 1. The van der Waals surface area contributed by atoms with Crippen molar-refractivity contribution >= 4 is 17.6 Å². The number of hydrogen-bond donors (Lipinski definition) is 0. The predicted molar refractivity (Wildman–Crippen MR) is 83.0 cm³/mol. The van der Waals surface area contributed by atoms with E-state index >= 15 is 0 Å². The third-order valence-electron chi connectivity index (χ3n) is 3.78. The number of methoxy groups -OCH3 is 2. The second-order valence-electron chi connectivity index (χ2n) is 4.96. The van der Waals surface area contributed by atoms with Gasteiger partial charge in [0, 0.05) is 23.5 Å². The number of allylic oxidation sites excluding steroid dienone is 2. The van der Waals surface area contributed by atoms with E-state index in [0.717, 1.165) is 17.1 Å². The second-order valence-corrected chi connectivity index (χ2v) is 4.96. The summed E-state index contributed by atoms with van der Waals surface area (Å²) in [5.74, 6) is -0.875. The Morgan fingerprint density at radius 2 is 1.36 bits per heavy atom. The number of ether oxygens (including phenoxy) is 2. The molecule has 0 saturated carbocycles. The molecule has 0 atom stereocenters. The van der Waals surface area contributed by atoms with Gasteiger partial charge in [0.2, 0.25) is 0 Å². The van der Waals surface area contributed by atoms with Crippen molar-refractivity contribution in [2.24, 2.45) is 0 Å². The molecule has 0 amide bonds. The van der Waals surface area contributed by atoms with Gasteiger partial charge in [-0.2, -0.15) is 0 Å². The largest absolute Gasteiger partial charge is 0.466 e. The smallest absolute Gasteiger partial charge is 0.335 e. The third kappa shape index (κ3) is 2.74. The van der Waals surface area contributed by atoms with E-state index in [9.17, 15) is 9.59 Å². The van der Waals surface area contributed by atoms with Gasteiger partial charge in [-0.1, -0.05) is 18.2 Å². The molecule has 1 heterocycles. The van der Waals surface area contributed by atoms with Crippen molar-refractivity contribution in [2.45, 2.75) is 20.3 Å². The number of benzene rings is 1. The van der Waals surface area contributed by atoms with Crippen LogP contribution in [0.1, 0.15) is 20.3 Å². The number of para-hydroxylation sites is 1. The molecule has 1 aromatic rings. The lowest BCUT2D eigenvalue weighted by Crippen LogP contribution is -2.30. The molecule has 0 fully saturated rings. The minimum absolute atomic E-state index is 0.209. The fraction of sp³-hybridized carbons (Fsp3) is 0.294. The number of esters is 2. The van der Waals surface area contributed by atoms with E-state index < -0.39 is 11.9 Å². The molecule has 2 rings (SSSR count). The van der Waals surface area contributed by atoms with Gasteiger partial charge >= 0.3 is 11.9 Å². The minimum atomic E-state index is -0.438. The molecule has 0 spiro atoms. The first-order valence-corrected chi connectivity index (χ1v) is 6.92. The fourth-order valence-electron chi connectivity index (χ4n) is 2.60. The summed E-state index contributed by atoms with van der Waals surface area (Å²) in [5, 5.41) is 0. The maximum absolute atomic E-state index is 12.0. The maximum Gasteiger partial charge on any atom is 0.335 e. The van der Waals surface area contributed by atoms with Gasteiger partial charge < -0.3 is 14.4 Å². The lowest BCUT2D eigenvalue weighted by atomic mass is 9.96. The Labute approximate surface area is 129 Å². The molecule has 1 aromatic carbocycles. The van der Waals surface area contributed by atoms with Crippen LogP contribution in [0.2, 0.25) is 0 Å². The normalized spacial score (nSPS) is 15.0. The number of rotatable bonds is 3. The molecule has 0 unspecified atom stereocenters. The van der Waals surface area contributed by atoms with Gasteiger partial charge in [0.15, 0.2) is 0 Å². The molecule has 22 heavy (non-hydrogen) atoms. The quantitative estimate of drug-likeness (QED) is 0.804. The van der Waals surface area contributed by atoms with E-state index in [4.69, 9.17) is 9.47 Å². The van der Waals surface area contributed by atoms with Crippen molar-refractivity contribution in [1.29, 1.82) is 0 Å². The Morgan fingerprint density at radius 3 is 1.77 bits per heavy atom. The lowest BCUT2D eigenvalue weighted by molar-refractivity contribution is -0.136. The van der Waals surface area contributed by atoms with Crippen molar-refractivity contribution in [3.8, 4) is 0 Å². The standard InChI is InChI=1S/C17H19NO4/c1-11-14(16(19)21-3)10-15(17(20)22-4)12(2)18(11)13-8-6-5-7-9-13/h5-9H,10H2,1-4H3. The molecule has 0 saturated heterocycles. The summed E-state index contributed by atoms with van der Waals surface area (Å²) >= 11 is 0. The molecular formula is C17H19NO4. The summed E-state index contributed by atoms with van der Waals surface area (Å²) in [6, 6.07) is 9.55. The molecule has 0 radical (unpaired) electrons. The van der Waals surface area contributed by atoms with Crippen molar-refractivity contribution in [3.05, 3.63) is 52.9 Å². The van der Waals surface area contributed by atoms with E-state index in [1.165, 1.54) is 14.2 Å². The molecule has 116 valence electrons. The van der Waals surface area contributed by atoms with Crippen LogP contribution in [0, 0.1) is 0 Å². The molecule has 5 heteroatoms. The number of anilines is 1. The average molecular weight is 301 g/mol. The Morgan fingerprint density at radius 1 is 0.909 bits per heavy atom. The zero-order valence-electron chi connectivity index (χ0n) is 13.2. The van der Waals surface area contributed by atoms with E-state index in [2.05, 4.69) is 0 Å². The van der Waals surface area contributed by atoms with Crippen LogP contribution in [0.15, 0.2) is 52.9 Å². The number of carbonyl (C=O) groups excluding carboxylic acids is 2. The van der Waals surface area contributed by atoms with Crippen LogP contribution in [0.4, 0.5) is 5.69 Å². The Balaban J connectivity index is 2.60. The average Bonchev–Trinajstić information content (AvgIpc) is 2.54. The molecular weight excluding hydrogens is 282 g/mol. The minimum Gasteiger partial charge on any atom is -0.466 e. The Hall–Kier alpha value is -2.56. The van der Waals surface area contributed by atoms with Crippen molar-refractivity contribution in [1.82, 2.24) is 0 Å². The Bertz CT molecular complexity index is 620. The summed E-state index contributed by atoms with van der Waals surface area (Å²) in [6.07, 6.45) is 0.209. The monoisotopic (exact) mass is 301 g/mol. The third-order valence-corrected chi connectivity index (χ3v) is 3.78. The first-order chi connectivity index (χ1) is 10.5. The van der Waals surface area contributed by atoms with Gasteiger partial charge in [0.1, 0.15) is 0 Å². The van der Waals surface area contributed by atoms with Crippen LogP contribution in [-0.4, -0.2) is 26.2 Å². The summed E-state index contributed by atoms with van der Waals surface area (Å²) in [4.78, 5) is 25.9. The predicted octanol–water partition coefficient (Wildman–Crippen LogP) is 2.79. The van der Waals surface area contributed by atoms with Crippen LogP contribution in [0.5, 0.6) is 0 Å². The molecule has 0 aromatic heterocycles. The van der Waals surface area contributed by atoms with Gasteiger partial charge in [-0.05, 0) is 26.0 Å². The van der Waals surface area contributed by atoms with Crippen molar-refractivity contribution in [3.63, 3.8) is 0 Å². The zero-order valence-corrected chi connectivity index (χ0v) is 13.2. The fourth-order valence-corrected chi connectivity index (χ4v) is 2.60. The molecule has 1 aliphatic rings. The molecule has 5 nitrogen and oxygen atoms in total. The van der Waals surface area contributed by atoms with Gasteiger partial charge in [0.05, 0.1) is 25.4 Å². The molecule has 0 bridgehead atoms. The number of carbonyl (C=O) groups is 2. The summed E-state index contributed by atoms with van der Waals surface area (Å²) < 4.78 is 9.69. The Kier molecular flexibility index (Phi) is 4.65. The highest BCUT2D eigenvalue weighted by Crippen LogP contribution is 2.35. The van der Waals surface area contributed by atoms with Crippen LogP contribution < -0.4 is 4.90 Å². The van der Waals surface area contributed by atoms with E-state index in [-0.39, 0.29) is 6.42 Å². The summed E-state index contributed by atoms with van der Waals surface area (Å²) in [6.45, 7) is 3.69. The van der Waals surface area contributed by atoms with Crippen LogP contribution in [0.3, 0.4) is 0 Å². The highest BCUT2D eigenvalue weighted by molar-refractivity contribution is 5.98. The van der Waals surface area contributed by atoms with E-state index in [1.807, 2.05) is 49.1 Å². The number of hydrogen-bond acceptors (Lipinski definition) is 5. The lowest BCUT2D eigenvalue weighted by Gasteiger charge is -2.33. The molecule has 0 aliphatic carbocycles. The van der Waals surface area contributed by atoms with Crippen LogP contribution in [0.25, 0.3) is 0 Å². The molecule has 0 N–H and O–H groups in total. The van der Waals surface area contributed by atoms with Crippen molar-refractivity contribution in [2.75, 3.05) is 19.1 Å². The SMILES string of the molecule is COC(=O)C1=C(C)N(c2ccccc2)C(C)=C(C(=O)OC)C1. The van der Waals surface area contributed by atoms with E-state index in [1.54, 1.807) is 0 Å².